The number of aliphatic hydroxyl groups is 1. The van der Waals surface area contributed by atoms with E-state index < -0.39 is 6.03 Å². The lowest BCUT2D eigenvalue weighted by Gasteiger charge is -2.17. The molecule has 4 aromatic rings. The van der Waals surface area contributed by atoms with Gasteiger partial charge in [-0.05, 0) is 31.7 Å². The average molecular weight is 497 g/mol. The van der Waals surface area contributed by atoms with Crippen LogP contribution < -0.4 is 10.6 Å². The molecule has 182 valence electrons. The topological polar surface area (TPSA) is 143 Å². The fraction of sp³-hybridized carbons (Fsp3) is 0.391. The smallest absolute Gasteiger partial charge is 0.323 e. The molecule has 1 aliphatic carbocycles. The van der Waals surface area contributed by atoms with Crippen LogP contribution in [0.3, 0.4) is 0 Å². The molecule has 5 rings (SSSR count). The number of anilines is 2. The third-order valence-corrected chi connectivity index (χ3v) is 6.31. The van der Waals surface area contributed by atoms with Crippen molar-refractivity contribution in [1.82, 2.24) is 29.7 Å². The number of aliphatic hydroxyl groups excluding tert-OH is 1. The number of carbonyl (C=O) groups is 1. The Hall–Kier alpha value is -3.57. The normalized spacial score (nSPS) is 14.0. The molecule has 2 amide bonds. The summed E-state index contributed by atoms with van der Waals surface area (Å²) >= 11 is 6.40. The molecule has 0 unspecified atom stereocenters. The first kappa shape index (κ1) is 23.2. The predicted molar refractivity (Wildman–Crippen MR) is 129 cm³/mol. The third kappa shape index (κ3) is 5.10. The second-order valence-corrected chi connectivity index (χ2v) is 8.87. The fourth-order valence-corrected chi connectivity index (χ4v) is 4.63. The zero-order chi connectivity index (χ0) is 24.2. The van der Waals surface area contributed by atoms with Gasteiger partial charge in [0, 0.05) is 25.0 Å². The zero-order valence-corrected chi connectivity index (χ0v) is 19.7. The number of rotatable bonds is 8. The van der Waals surface area contributed by atoms with Gasteiger partial charge in [-0.1, -0.05) is 29.6 Å². The molecule has 1 fully saturated rings. The minimum atomic E-state index is -0.436. The van der Waals surface area contributed by atoms with Gasteiger partial charge in [0.15, 0.2) is 5.65 Å². The summed E-state index contributed by atoms with van der Waals surface area (Å²) in [6.45, 7) is 0.118. The first-order valence-corrected chi connectivity index (χ1v) is 12.0. The number of pyridine rings is 1. The number of nitrogens with zero attached hydrogens (tertiary/aromatic N) is 6. The van der Waals surface area contributed by atoms with Crippen LogP contribution in [0.15, 0.2) is 35.2 Å². The molecule has 4 aromatic heterocycles. The van der Waals surface area contributed by atoms with Crippen molar-refractivity contribution in [3.63, 3.8) is 0 Å². The highest BCUT2D eigenvalue weighted by Gasteiger charge is 2.25. The molecular formula is C23H25ClN8O3. The number of aryl methyl sites for hydroxylation is 1. The van der Waals surface area contributed by atoms with Gasteiger partial charge in [0.25, 0.3) is 0 Å². The van der Waals surface area contributed by atoms with Gasteiger partial charge in [-0.2, -0.15) is 10.1 Å². The molecule has 3 N–H and O–H groups in total. The Morgan fingerprint density at radius 1 is 1.20 bits per heavy atom. The number of nitrogens with one attached hydrogen (secondary N) is 2. The van der Waals surface area contributed by atoms with Gasteiger partial charge in [0.1, 0.15) is 5.69 Å². The van der Waals surface area contributed by atoms with Crippen LogP contribution in [0.1, 0.15) is 56.0 Å². The van der Waals surface area contributed by atoms with E-state index in [9.17, 15) is 4.79 Å². The van der Waals surface area contributed by atoms with E-state index in [1.807, 2.05) is 10.6 Å². The maximum Gasteiger partial charge on any atom is 0.323 e. The molecule has 4 heterocycles. The van der Waals surface area contributed by atoms with Crippen molar-refractivity contribution in [2.75, 3.05) is 17.2 Å². The Bertz CT molecular complexity index is 1330. The van der Waals surface area contributed by atoms with Gasteiger partial charge in [-0.25, -0.2) is 19.3 Å². The molecule has 0 saturated heterocycles. The van der Waals surface area contributed by atoms with Crippen LogP contribution in [0.2, 0.25) is 5.02 Å². The number of halogens is 1. The molecule has 0 spiro atoms. The number of hydrogen-bond acceptors (Lipinski definition) is 8. The average Bonchev–Trinajstić information content (AvgIpc) is 3.61. The number of urea groups is 1. The summed E-state index contributed by atoms with van der Waals surface area (Å²) in [5.41, 5.74) is 3.11. The highest BCUT2D eigenvalue weighted by molar-refractivity contribution is 6.33. The Kier molecular flexibility index (Phi) is 6.87. The van der Waals surface area contributed by atoms with E-state index in [0.29, 0.717) is 41.7 Å². The second kappa shape index (κ2) is 10.4. The van der Waals surface area contributed by atoms with Gasteiger partial charge in [0.2, 0.25) is 11.7 Å². The minimum absolute atomic E-state index is 0.118. The molecule has 12 heteroatoms. The molecular weight excluding hydrogens is 472 g/mol. The Morgan fingerprint density at radius 3 is 2.86 bits per heavy atom. The quantitative estimate of drug-likeness (QED) is 0.303. The lowest BCUT2D eigenvalue weighted by molar-refractivity contribution is 0.262. The van der Waals surface area contributed by atoms with E-state index in [1.165, 1.54) is 6.20 Å². The van der Waals surface area contributed by atoms with E-state index in [-0.39, 0.29) is 17.5 Å². The van der Waals surface area contributed by atoms with E-state index in [1.54, 1.807) is 18.5 Å². The van der Waals surface area contributed by atoms with Crippen LogP contribution in [-0.4, -0.2) is 47.5 Å². The van der Waals surface area contributed by atoms with E-state index in [4.69, 9.17) is 21.2 Å². The molecule has 35 heavy (non-hydrogen) atoms. The maximum atomic E-state index is 12.8. The fourth-order valence-electron chi connectivity index (χ4n) is 4.38. The predicted octanol–water partition coefficient (Wildman–Crippen LogP) is 4.44. The lowest BCUT2D eigenvalue weighted by Crippen LogP contribution is -2.22. The van der Waals surface area contributed by atoms with Crippen molar-refractivity contribution in [1.29, 1.82) is 0 Å². The summed E-state index contributed by atoms with van der Waals surface area (Å²) in [4.78, 5) is 25.8. The van der Waals surface area contributed by atoms with Crippen LogP contribution in [0.4, 0.5) is 16.2 Å². The van der Waals surface area contributed by atoms with E-state index in [0.717, 1.165) is 43.4 Å². The lowest BCUT2D eigenvalue weighted by atomic mass is 10.0. The molecule has 0 aliphatic heterocycles. The summed E-state index contributed by atoms with van der Waals surface area (Å²) in [7, 11) is 0. The van der Waals surface area contributed by atoms with Gasteiger partial charge in [-0.15, -0.1) is 0 Å². The SMILES string of the molecule is O=C(Nc1cnc(-c2noc(CCCCO)n2)c(Cl)c1)Nc1cnc2ccnn2c1C1CCCC1. The van der Waals surface area contributed by atoms with Gasteiger partial charge in [-0.3, -0.25) is 0 Å². The first-order valence-electron chi connectivity index (χ1n) is 11.6. The molecule has 0 aromatic carbocycles. The summed E-state index contributed by atoms with van der Waals surface area (Å²) in [5, 5.41) is 23.2. The Morgan fingerprint density at radius 2 is 2.06 bits per heavy atom. The van der Waals surface area contributed by atoms with Gasteiger partial charge < -0.3 is 20.3 Å². The molecule has 0 bridgehead atoms. The largest absolute Gasteiger partial charge is 0.396 e. The zero-order valence-electron chi connectivity index (χ0n) is 18.9. The highest BCUT2D eigenvalue weighted by Crippen LogP contribution is 2.37. The van der Waals surface area contributed by atoms with Crippen molar-refractivity contribution < 1.29 is 14.4 Å². The minimum Gasteiger partial charge on any atom is -0.396 e. The Balaban J connectivity index is 1.29. The summed E-state index contributed by atoms with van der Waals surface area (Å²) < 4.78 is 7.03. The standard InChI is InChI=1S/C23H25ClN8O3/c24-16-11-15(12-26-20(16)22-30-19(35-31-22)7-3-4-10-33)28-23(34)29-17-13-25-18-8-9-27-32(18)21(17)14-5-1-2-6-14/h8-9,11-14,33H,1-7,10H2,(H2,28,29,34). The van der Waals surface area contributed by atoms with E-state index in [2.05, 4.69) is 35.8 Å². The first-order chi connectivity index (χ1) is 17.1. The van der Waals surface area contributed by atoms with Crippen LogP contribution in [0, 0.1) is 0 Å². The number of carbonyl (C=O) groups excluding carboxylic acids is 1. The number of hydrogen-bond donors (Lipinski definition) is 3. The van der Waals surface area contributed by atoms with Gasteiger partial charge in [0.05, 0.1) is 40.7 Å². The Labute approximate surface area is 205 Å². The monoisotopic (exact) mass is 496 g/mol. The van der Waals surface area contributed by atoms with Crippen molar-refractivity contribution in [2.24, 2.45) is 0 Å². The maximum absolute atomic E-state index is 12.8. The van der Waals surface area contributed by atoms with E-state index >= 15 is 0 Å². The highest BCUT2D eigenvalue weighted by atomic mass is 35.5. The van der Waals surface area contributed by atoms with Crippen LogP contribution in [-0.2, 0) is 6.42 Å². The number of amides is 2. The van der Waals surface area contributed by atoms with Crippen molar-refractivity contribution in [3.8, 4) is 11.5 Å². The van der Waals surface area contributed by atoms with Gasteiger partial charge >= 0.3 is 6.03 Å². The third-order valence-electron chi connectivity index (χ3n) is 6.02. The molecule has 0 radical (unpaired) electrons. The summed E-state index contributed by atoms with van der Waals surface area (Å²) in [6, 6.07) is 2.99. The summed E-state index contributed by atoms with van der Waals surface area (Å²) in [5.74, 6) is 1.04. The van der Waals surface area contributed by atoms with Crippen LogP contribution >= 0.6 is 11.6 Å². The van der Waals surface area contributed by atoms with Crippen molar-refractivity contribution in [2.45, 2.75) is 50.9 Å². The second-order valence-electron chi connectivity index (χ2n) is 8.47. The molecule has 11 nitrogen and oxygen atoms in total. The summed E-state index contributed by atoms with van der Waals surface area (Å²) in [6.07, 6.45) is 11.2. The number of aromatic nitrogens is 6. The molecule has 1 saturated carbocycles. The molecule has 0 atom stereocenters. The van der Waals surface area contributed by atoms with Crippen LogP contribution in [0.25, 0.3) is 17.2 Å². The number of unbranched alkanes of at least 4 members (excludes halogenated alkanes) is 1. The number of fused-ring (bicyclic) bond motifs is 1. The van der Waals surface area contributed by atoms with Crippen molar-refractivity contribution in [3.05, 3.63) is 47.3 Å². The van der Waals surface area contributed by atoms with Crippen molar-refractivity contribution >= 4 is 34.7 Å². The van der Waals surface area contributed by atoms with Crippen LogP contribution in [0.5, 0.6) is 0 Å². The molecule has 1 aliphatic rings.